The first-order valence-electron chi connectivity index (χ1n) is 10.9. The molecule has 168 valence electrons. The van der Waals surface area contributed by atoms with Gasteiger partial charge in [0.15, 0.2) is 11.0 Å². The van der Waals surface area contributed by atoms with Gasteiger partial charge in [0.2, 0.25) is 5.91 Å². The van der Waals surface area contributed by atoms with Gasteiger partial charge in [0.25, 0.3) is 0 Å². The van der Waals surface area contributed by atoms with E-state index in [9.17, 15) is 4.79 Å². The van der Waals surface area contributed by atoms with Crippen LogP contribution in [-0.4, -0.2) is 30.9 Å². The number of carbonyl (C=O) groups is 1. The molecule has 6 nitrogen and oxygen atoms in total. The summed E-state index contributed by atoms with van der Waals surface area (Å²) in [7, 11) is 0. The van der Waals surface area contributed by atoms with Crippen LogP contribution in [0.3, 0.4) is 0 Å². The lowest BCUT2D eigenvalue weighted by molar-refractivity contribution is -0.115. The van der Waals surface area contributed by atoms with E-state index < -0.39 is 0 Å². The van der Waals surface area contributed by atoms with E-state index in [1.807, 2.05) is 66.1 Å². The van der Waals surface area contributed by atoms with E-state index in [0.717, 1.165) is 28.1 Å². The average molecular weight is 458 g/mol. The number of benzene rings is 2. The van der Waals surface area contributed by atoms with Gasteiger partial charge in [0.1, 0.15) is 0 Å². The summed E-state index contributed by atoms with van der Waals surface area (Å²) in [5.41, 5.74) is 4.89. The van der Waals surface area contributed by atoms with Crippen LogP contribution >= 0.6 is 11.8 Å². The molecule has 7 heteroatoms. The zero-order valence-electron chi connectivity index (χ0n) is 19.2. The van der Waals surface area contributed by atoms with Gasteiger partial charge < -0.3 is 5.32 Å². The Morgan fingerprint density at radius 1 is 0.970 bits per heavy atom. The Morgan fingerprint density at radius 3 is 2.45 bits per heavy atom. The largest absolute Gasteiger partial charge is 0.325 e. The van der Waals surface area contributed by atoms with Crippen LogP contribution in [0.2, 0.25) is 0 Å². The minimum Gasteiger partial charge on any atom is -0.325 e. The molecule has 4 aromatic rings. The van der Waals surface area contributed by atoms with Gasteiger partial charge in [-0.25, -0.2) is 0 Å². The predicted octanol–water partition coefficient (Wildman–Crippen LogP) is 5.88. The minimum absolute atomic E-state index is 0.0737. The summed E-state index contributed by atoms with van der Waals surface area (Å²) in [6.45, 7) is 8.18. The Labute approximate surface area is 198 Å². The number of nitrogens with zero attached hydrogens (tertiary/aromatic N) is 4. The number of aromatic nitrogens is 4. The normalized spacial score (nSPS) is 12.0. The number of rotatable bonds is 7. The van der Waals surface area contributed by atoms with E-state index in [-0.39, 0.29) is 11.2 Å². The van der Waals surface area contributed by atoms with Crippen molar-refractivity contribution in [3.8, 4) is 17.1 Å². The summed E-state index contributed by atoms with van der Waals surface area (Å²) in [4.78, 5) is 17.3. The molecule has 0 aliphatic carbocycles. The zero-order valence-corrected chi connectivity index (χ0v) is 20.0. The van der Waals surface area contributed by atoms with Crippen LogP contribution in [-0.2, 0) is 4.79 Å². The molecular formula is C26H27N5OS. The van der Waals surface area contributed by atoms with Gasteiger partial charge in [-0.3, -0.25) is 14.3 Å². The third-order valence-corrected chi connectivity index (χ3v) is 6.44. The van der Waals surface area contributed by atoms with Crippen molar-refractivity contribution in [2.24, 2.45) is 0 Å². The van der Waals surface area contributed by atoms with Crippen molar-refractivity contribution in [1.29, 1.82) is 0 Å². The summed E-state index contributed by atoms with van der Waals surface area (Å²) in [6, 6.07) is 19.8. The van der Waals surface area contributed by atoms with Gasteiger partial charge >= 0.3 is 0 Å². The smallest absolute Gasteiger partial charge is 0.237 e. The topological polar surface area (TPSA) is 72.7 Å². The van der Waals surface area contributed by atoms with E-state index >= 15 is 0 Å². The molecule has 0 spiro atoms. The number of carbonyl (C=O) groups excluding carboxylic acids is 1. The molecule has 1 atom stereocenters. The van der Waals surface area contributed by atoms with Crippen LogP contribution in [0, 0.1) is 6.92 Å². The molecule has 0 saturated heterocycles. The van der Waals surface area contributed by atoms with Crippen LogP contribution in [0.15, 0.2) is 78.2 Å². The van der Waals surface area contributed by atoms with E-state index in [4.69, 9.17) is 0 Å². The molecule has 2 aromatic heterocycles. The van der Waals surface area contributed by atoms with Crippen molar-refractivity contribution < 1.29 is 4.79 Å². The average Bonchev–Trinajstić information content (AvgIpc) is 3.23. The molecule has 1 N–H and O–H groups in total. The molecule has 0 bridgehead atoms. The number of nitrogens with one attached hydrogen (secondary N) is 1. The first kappa shape index (κ1) is 22.7. The van der Waals surface area contributed by atoms with Crippen LogP contribution in [0.5, 0.6) is 0 Å². The van der Waals surface area contributed by atoms with Gasteiger partial charge in [-0.15, -0.1) is 10.2 Å². The molecule has 0 aliphatic rings. The molecule has 1 amide bonds. The molecule has 2 heterocycles. The lowest BCUT2D eigenvalue weighted by atomic mass is 10.0. The Kier molecular flexibility index (Phi) is 6.89. The third kappa shape index (κ3) is 4.98. The molecular weight excluding hydrogens is 430 g/mol. The van der Waals surface area contributed by atoms with Crippen LogP contribution in [0.4, 0.5) is 5.69 Å². The molecule has 33 heavy (non-hydrogen) atoms. The van der Waals surface area contributed by atoms with Crippen LogP contribution < -0.4 is 5.32 Å². The number of hydrogen-bond acceptors (Lipinski definition) is 5. The monoisotopic (exact) mass is 457 g/mol. The summed E-state index contributed by atoms with van der Waals surface area (Å²) >= 11 is 1.39. The van der Waals surface area contributed by atoms with Crippen molar-refractivity contribution in [3.63, 3.8) is 0 Å². The van der Waals surface area contributed by atoms with E-state index in [0.29, 0.717) is 16.9 Å². The first-order chi connectivity index (χ1) is 16.0. The number of thioether (sulfide) groups is 1. The summed E-state index contributed by atoms with van der Waals surface area (Å²) in [6.07, 6.45) is 3.50. The van der Waals surface area contributed by atoms with Crippen LogP contribution in [0.1, 0.15) is 37.8 Å². The van der Waals surface area contributed by atoms with E-state index in [1.54, 1.807) is 12.4 Å². The number of amides is 1. The van der Waals surface area contributed by atoms with Crippen molar-refractivity contribution in [2.75, 3.05) is 5.32 Å². The third-order valence-electron chi connectivity index (χ3n) is 5.40. The number of aryl methyl sites for hydroxylation is 1. The molecule has 0 saturated carbocycles. The standard InChI is InChI=1S/C26H27N5OS/c1-17(2)21-12-6-7-13-22(21)28-25(32)19(4)33-26-30-29-24(20-11-9-15-27-16-20)31(26)23-14-8-5-10-18(23)3/h5-17,19H,1-4H3,(H,28,32). The molecule has 0 aliphatic heterocycles. The van der Waals surface area contributed by atoms with E-state index in [1.165, 1.54) is 11.8 Å². The molecule has 4 rings (SSSR count). The Hall–Kier alpha value is -3.45. The Morgan fingerprint density at radius 2 is 1.73 bits per heavy atom. The van der Waals surface area contributed by atoms with Gasteiger partial charge in [-0.05, 0) is 55.2 Å². The van der Waals surface area contributed by atoms with Crippen molar-refractivity contribution in [1.82, 2.24) is 19.7 Å². The fourth-order valence-corrected chi connectivity index (χ4v) is 4.48. The van der Waals surface area contributed by atoms with Gasteiger partial charge in [0, 0.05) is 23.6 Å². The number of pyridine rings is 1. The quantitative estimate of drug-likeness (QED) is 0.351. The van der Waals surface area contributed by atoms with Gasteiger partial charge in [-0.2, -0.15) is 0 Å². The number of para-hydroxylation sites is 2. The molecule has 0 radical (unpaired) electrons. The Balaban J connectivity index is 1.65. The highest BCUT2D eigenvalue weighted by molar-refractivity contribution is 8.00. The second-order valence-electron chi connectivity index (χ2n) is 8.16. The second kappa shape index (κ2) is 10.0. The maximum absolute atomic E-state index is 13.1. The fourth-order valence-electron chi connectivity index (χ4n) is 3.62. The minimum atomic E-state index is -0.376. The zero-order chi connectivity index (χ0) is 23.4. The molecule has 1 unspecified atom stereocenters. The van der Waals surface area contributed by atoms with Crippen molar-refractivity contribution >= 4 is 23.4 Å². The van der Waals surface area contributed by atoms with Gasteiger partial charge in [0.05, 0.1) is 10.9 Å². The highest BCUT2D eigenvalue weighted by Gasteiger charge is 2.23. The lowest BCUT2D eigenvalue weighted by Crippen LogP contribution is -2.23. The summed E-state index contributed by atoms with van der Waals surface area (Å²) in [5, 5.41) is 12.3. The maximum atomic E-state index is 13.1. The number of anilines is 1. The highest BCUT2D eigenvalue weighted by atomic mass is 32.2. The van der Waals surface area contributed by atoms with E-state index in [2.05, 4.69) is 47.3 Å². The fraction of sp³-hybridized carbons (Fsp3) is 0.231. The Bertz CT molecular complexity index is 1250. The summed E-state index contributed by atoms with van der Waals surface area (Å²) in [5.74, 6) is 0.934. The van der Waals surface area contributed by atoms with Crippen molar-refractivity contribution in [3.05, 3.63) is 84.2 Å². The first-order valence-corrected chi connectivity index (χ1v) is 11.8. The maximum Gasteiger partial charge on any atom is 0.237 e. The predicted molar refractivity (Wildman–Crippen MR) is 134 cm³/mol. The van der Waals surface area contributed by atoms with Crippen LogP contribution in [0.25, 0.3) is 17.1 Å². The molecule has 2 aromatic carbocycles. The number of hydrogen-bond donors (Lipinski definition) is 1. The summed E-state index contributed by atoms with van der Waals surface area (Å²) < 4.78 is 2.00. The second-order valence-corrected chi connectivity index (χ2v) is 9.47. The SMILES string of the molecule is Cc1ccccc1-n1c(SC(C)C(=O)Nc2ccccc2C(C)C)nnc1-c1cccnc1. The molecule has 0 fully saturated rings. The highest BCUT2D eigenvalue weighted by Crippen LogP contribution is 2.32. The van der Waals surface area contributed by atoms with Gasteiger partial charge in [-0.1, -0.05) is 62.0 Å². The lowest BCUT2D eigenvalue weighted by Gasteiger charge is -2.17. The van der Waals surface area contributed by atoms with Crippen molar-refractivity contribution in [2.45, 2.75) is 44.0 Å².